The summed E-state index contributed by atoms with van der Waals surface area (Å²) in [6.07, 6.45) is 0. The van der Waals surface area contributed by atoms with E-state index in [-0.39, 0.29) is 5.69 Å². The van der Waals surface area contributed by atoms with Crippen molar-refractivity contribution in [1.29, 1.82) is 0 Å². The first kappa shape index (κ1) is 19.9. The molecule has 0 atom stereocenters. The van der Waals surface area contributed by atoms with Crippen LogP contribution in [0.1, 0.15) is 16.1 Å². The van der Waals surface area contributed by atoms with Crippen molar-refractivity contribution in [3.8, 4) is 16.3 Å². The highest BCUT2D eigenvalue weighted by Crippen LogP contribution is 2.26. The van der Waals surface area contributed by atoms with Crippen LogP contribution in [-0.4, -0.2) is 30.6 Å². The van der Waals surface area contributed by atoms with Crippen LogP contribution in [0.3, 0.4) is 0 Å². The molecule has 0 saturated heterocycles. The number of halogens is 1. The molecule has 0 unspecified atom stereocenters. The highest BCUT2D eigenvalue weighted by atomic mass is 35.5. The first-order chi connectivity index (χ1) is 13.5. The van der Waals surface area contributed by atoms with E-state index in [0.29, 0.717) is 15.7 Å². The molecule has 1 amide bonds. The van der Waals surface area contributed by atoms with Crippen molar-refractivity contribution in [2.45, 2.75) is 6.92 Å². The quantitative estimate of drug-likeness (QED) is 0.595. The Bertz CT molecular complexity index is 1000. The lowest BCUT2D eigenvalue weighted by Crippen LogP contribution is -2.21. The second-order valence-electron chi connectivity index (χ2n) is 5.85. The molecule has 3 aromatic rings. The van der Waals surface area contributed by atoms with Crippen molar-refractivity contribution in [3.05, 3.63) is 64.1 Å². The number of hydrogen-bond acceptors (Lipinski definition) is 6. The maximum Gasteiger partial charge on any atom is 0.358 e. The van der Waals surface area contributed by atoms with Crippen molar-refractivity contribution in [2.24, 2.45) is 0 Å². The van der Waals surface area contributed by atoms with Crippen molar-refractivity contribution >= 4 is 40.5 Å². The van der Waals surface area contributed by atoms with Crippen LogP contribution >= 0.6 is 22.9 Å². The van der Waals surface area contributed by atoms with Crippen molar-refractivity contribution < 1.29 is 19.1 Å². The third-order valence-corrected chi connectivity index (χ3v) is 4.97. The zero-order valence-corrected chi connectivity index (χ0v) is 16.8. The summed E-state index contributed by atoms with van der Waals surface area (Å²) < 4.78 is 10.2. The van der Waals surface area contributed by atoms with Gasteiger partial charge in [-0.3, -0.25) is 4.79 Å². The highest BCUT2D eigenvalue weighted by Gasteiger charge is 2.15. The lowest BCUT2D eigenvalue weighted by molar-refractivity contribution is -0.119. The summed E-state index contributed by atoms with van der Waals surface area (Å²) >= 11 is 7.21. The van der Waals surface area contributed by atoms with Crippen LogP contribution in [0.4, 0.5) is 5.69 Å². The van der Waals surface area contributed by atoms with Gasteiger partial charge in [0.05, 0.1) is 7.11 Å². The van der Waals surface area contributed by atoms with Gasteiger partial charge < -0.3 is 14.8 Å². The van der Waals surface area contributed by atoms with Gasteiger partial charge in [0, 0.05) is 21.7 Å². The Morgan fingerprint density at radius 1 is 1.18 bits per heavy atom. The molecule has 1 heterocycles. The summed E-state index contributed by atoms with van der Waals surface area (Å²) in [5, 5.41) is 5.54. The largest absolute Gasteiger partial charge is 0.497 e. The second-order valence-corrected chi connectivity index (χ2v) is 7.14. The van der Waals surface area contributed by atoms with Crippen LogP contribution in [0, 0.1) is 6.92 Å². The first-order valence-electron chi connectivity index (χ1n) is 8.29. The van der Waals surface area contributed by atoms with Gasteiger partial charge in [0.15, 0.2) is 12.3 Å². The van der Waals surface area contributed by atoms with Gasteiger partial charge in [0.25, 0.3) is 5.91 Å². The molecular weight excluding hydrogens is 400 g/mol. The molecule has 28 heavy (non-hydrogen) atoms. The predicted molar refractivity (Wildman–Crippen MR) is 109 cm³/mol. The average Bonchev–Trinajstić information content (AvgIpc) is 3.19. The summed E-state index contributed by atoms with van der Waals surface area (Å²) in [6, 6.07) is 12.4. The van der Waals surface area contributed by atoms with Gasteiger partial charge >= 0.3 is 5.97 Å². The van der Waals surface area contributed by atoms with Crippen LogP contribution in [0.15, 0.2) is 47.8 Å². The van der Waals surface area contributed by atoms with E-state index < -0.39 is 18.5 Å². The van der Waals surface area contributed by atoms with E-state index in [4.69, 9.17) is 21.1 Å². The van der Waals surface area contributed by atoms with Crippen LogP contribution < -0.4 is 10.1 Å². The van der Waals surface area contributed by atoms with Crippen molar-refractivity contribution in [2.75, 3.05) is 19.0 Å². The Morgan fingerprint density at radius 3 is 2.61 bits per heavy atom. The fraction of sp³-hybridized carbons (Fsp3) is 0.150. The number of nitrogens with one attached hydrogen (secondary N) is 1. The Kier molecular flexibility index (Phi) is 6.28. The van der Waals surface area contributed by atoms with E-state index in [1.807, 2.05) is 31.2 Å². The molecule has 1 N–H and O–H groups in total. The van der Waals surface area contributed by atoms with Crippen molar-refractivity contribution in [1.82, 2.24) is 4.98 Å². The summed E-state index contributed by atoms with van der Waals surface area (Å²) in [5.74, 6) is -0.356. The molecule has 0 fully saturated rings. The zero-order chi connectivity index (χ0) is 20.1. The van der Waals surface area contributed by atoms with Gasteiger partial charge in [0.2, 0.25) is 0 Å². The number of carbonyl (C=O) groups excluding carboxylic acids is 2. The molecule has 2 aromatic carbocycles. The van der Waals surface area contributed by atoms with Crippen LogP contribution in [0.25, 0.3) is 10.6 Å². The zero-order valence-electron chi connectivity index (χ0n) is 15.2. The number of esters is 1. The van der Waals surface area contributed by atoms with Crippen molar-refractivity contribution in [3.63, 3.8) is 0 Å². The van der Waals surface area contributed by atoms with E-state index in [1.165, 1.54) is 11.3 Å². The number of amides is 1. The smallest absolute Gasteiger partial charge is 0.358 e. The normalized spacial score (nSPS) is 10.4. The monoisotopic (exact) mass is 416 g/mol. The average molecular weight is 417 g/mol. The number of aromatic nitrogens is 1. The second kappa shape index (κ2) is 8.86. The van der Waals surface area contributed by atoms with E-state index in [9.17, 15) is 9.59 Å². The SMILES string of the molecule is COc1ccc(-c2nc(C(=O)OCC(=O)Nc3ccc(Cl)cc3C)cs2)cc1. The van der Waals surface area contributed by atoms with Gasteiger partial charge in [-0.2, -0.15) is 0 Å². The van der Waals surface area contributed by atoms with Crippen LogP contribution in [0.5, 0.6) is 5.75 Å². The van der Waals surface area contributed by atoms with E-state index in [2.05, 4.69) is 10.3 Å². The maximum atomic E-state index is 12.2. The minimum atomic E-state index is -0.654. The molecular formula is C20H17ClN2O4S. The molecule has 1 aromatic heterocycles. The van der Waals surface area contributed by atoms with E-state index in [1.54, 1.807) is 30.7 Å². The topological polar surface area (TPSA) is 77.5 Å². The Labute approximate surface area is 171 Å². The number of rotatable bonds is 6. The van der Waals surface area contributed by atoms with Gasteiger partial charge in [-0.1, -0.05) is 11.6 Å². The lowest BCUT2D eigenvalue weighted by Gasteiger charge is -2.08. The number of aryl methyl sites for hydroxylation is 1. The van der Waals surface area contributed by atoms with Gasteiger partial charge in [0.1, 0.15) is 10.8 Å². The molecule has 8 heteroatoms. The molecule has 6 nitrogen and oxygen atoms in total. The summed E-state index contributed by atoms with van der Waals surface area (Å²) in [7, 11) is 1.59. The number of thiazole rings is 1. The first-order valence-corrected chi connectivity index (χ1v) is 9.55. The molecule has 0 bridgehead atoms. The maximum absolute atomic E-state index is 12.2. The van der Waals surface area contributed by atoms with Gasteiger partial charge in [-0.15, -0.1) is 11.3 Å². The standard InChI is InChI=1S/C20H17ClN2O4S/c1-12-9-14(21)5-8-16(12)22-18(24)10-27-20(25)17-11-28-19(23-17)13-3-6-15(26-2)7-4-13/h3-9,11H,10H2,1-2H3,(H,22,24). The van der Waals surface area contributed by atoms with E-state index in [0.717, 1.165) is 16.9 Å². The number of hydrogen-bond donors (Lipinski definition) is 1. The van der Waals surface area contributed by atoms with Gasteiger partial charge in [-0.05, 0) is 55.0 Å². The Hall–Kier alpha value is -2.90. The number of carbonyl (C=O) groups is 2. The molecule has 0 aliphatic carbocycles. The Morgan fingerprint density at radius 2 is 1.93 bits per heavy atom. The van der Waals surface area contributed by atoms with Gasteiger partial charge in [-0.25, -0.2) is 9.78 Å². The predicted octanol–water partition coefficient (Wildman–Crippen LogP) is 4.58. The van der Waals surface area contributed by atoms with Crippen LogP contribution in [-0.2, 0) is 9.53 Å². The molecule has 3 rings (SSSR count). The molecule has 0 aliphatic heterocycles. The molecule has 0 aliphatic rings. The summed E-state index contributed by atoms with van der Waals surface area (Å²) in [5.41, 5.74) is 2.45. The molecule has 0 saturated carbocycles. The third kappa shape index (κ3) is 4.88. The molecule has 0 spiro atoms. The highest BCUT2D eigenvalue weighted by molar-refractivity contribution is 7.13. The Balaban J connectivity index is 1.57. The number of ether oxygens (including phenoxy) is 2. The molecule has 144 valence electrons. The lowest BCUT2D eigenvalue weighted by atomic mass is 10.2. The third-order valence-electron chi connectivity index (χ3n) is 3.85. The number of methoxy groups -OCH3 is 1. The van der Waals surface area contributed by atoms with E-state index >= 15 is 0 Å². The minimum Gasteiger partial charge on any atom is -0.497 e. The minimum absolute atomic E-state index is 0.159. The summed E-state index contributed by atoms with van der Waals surface area (Å²) in [4.78, 5) is 28.5. The fourth-order valence-corrected chi connectivity index (χ4v) is 3.41. The van der Waals surface area contributed by atoms with Crippen LogP contribution in [0.2, 0.25) is 5.02 Å². The summed E-state index contributed by atoms with van der Waals surface area (Å²) in [6.45, 7) is 1.42. The number of nitrogens with zero attached hydrogens (tertiary/aromatic N) is 1. The fourth-order valence-electron chi connectivity index (χ4n) is 2.39. The number of anilines is 1. The molecule has 0 radical (unpaired) electrons. The number of benzene rings is 2.